The van der Waals surface area contributed by atoms with Crippen molar-refractivity contribution in [3.05, 3.63) is 0 Å². The van der Waals surface area contributed by atoms with Crippen molar-refractivity contribution in [1.29, 1.82) is 0 Å². The Morgan fingerprint density at radius 2 is 2.21 bits per heavy atom. The van der Waals surface area contributed by atoms with E-state index in [-0.39, 0.29) is 36.3 Å². The van der Waals surface area contributed by atoms with Crippen molar-refractivity contribution in [3.8, 4) is 0 Å². The predicted octanol–water partition coefficient (Wildman–Crippen LogP) is -0.476. The van der Waals surface area contributed by atoms with E-state index in [1.165, 1.54) is 6.92 Å². The molecule has 2 saturated heterocycles. The Morgan fingerprint density at radius 3 is 2.84 bits per heavy atom. The molecule has 6 nitrogen and oxygen atoms in total. The van der Waals surface area contributed by atoms with Crippen LogP contribution in [0.1, 0.15) is 19.8 Å². The lowest BCUT2D eigenvalue weighted by atomic mass is 10.0. The average Bonchev–Trinajstić information content (AvgIpc) is 2.38. The zero-order valence-corrected chi connectivity index (χ0v) is 12.0. The lowest BCUT2D eigenvalue weighted by Crippen LogP contribution is -2.57. The molecule has 0 aliphatic carbocycles. The summed E-state index contributed by atoms with van der Waals surface area (Å²) < 4.78 is 5.31. The van der Waals surface area contributed by atoms with Crippen LogP contribution in [0.4, 0.5) is 0 Å². The summed E-state index contributed by atoms with van der Waals surface area (Å²) in [7, 11) is 0. The molecular formula is C12H22ClN3O3. The molecule has 7 heteroatoms. The number of hydrogen-bond donors (Lipinski definition) is 2. The molecule has 2 heterocycles. The lowest BCUT2D eigenvalue weighted by molar-refractivity contribution is -0.138. The zero-order valence-electron chi connectivity index (χ0n) is 11.2. The minimum atomic E-state index is -0.227. The van der Waals surface area contributed by atoms with E-state index in [0.717, 1.165) is 25.9 Å². The summed E-state index contributed by atoms with van der Waals surface area (Å²) in [5.41, 5.74) is 0. The molecule has 0 spiro atoms. The van der Waals surface area contributed by atoms with Crippen molar-refractivity contribution in [3.63, 3.8) is 0 Å². The van der Waals surface area contributed by atoms with Crippen LogP contribution >= 0.6 is 12.4 Å². The fourth-order valence-electron chi connectivity index (χ4n) is 2.53. The van der Waals surface area contributed by atoms with E-state index in [4.69, 9.17) is 4.74 Å². The molecule has 0 aromatic heterocycles. The van der Waals surface area contributed by atoms with Crippen LogP contribution in [0.15, 0.2) is 0 Å². The molecule has 0 aromatic rings. The molecule has 2 fully saturated rings. The molecule has 0 bridgehead atoms. The number of amides is 2. The number of halogens is 1. The SMILES string of the molecule is CC(=O)NC1CCCN(C(=O)C2COCCN2)C1.Cl. The van der Waals surface area contributed by atoms with Crippen LogP contribution in [-0.4, -0.2) is 61.6 Å². The monoisotopic (exact) mass is 291 g/mol. The second-order valence-electron chi connectivity index (χ2n) is 4.91. The Hall–Kier alpha value is -0.850. The number of ether oxygens (including phenoxy) is 1. The van der Waals surface area contributed by atoms with Gasteiger partial charge in [0, 0.05) is 32.6 Å². The average molecular weight is 292 g/mol. The van der Waals surface area contributed by atoms with Gasteiger partial charge in [0.05, 0.1) is 13.2 Å². The van der Waals surface area contributed by atoms with Gasteiger partial charge in [0.1, 0.15) is 6.04 Å². The maximum absolute atomic E-state index is 12.3. The predicted molar refractivity (Wildman–Crippen MR) is 73.3 cm³/mol. The largest absolute Gasteiger partial charge is 0.378 e. The van der Waals surface area contributed by atoms with Crippen molar-refractivity contribution in [2.45, 2.75) is 31.8 Å². The van der Waals surface area contributed by atoms with Crippen LogP contribution in [0.25, 0.3) is 0 Å². The summed E-state index contributed by atoms with van der Waals surface area (Å²) in [4.78, 5) is 25.1. The first-order valence-corrected chi connectivity index (χ1v) is 6.54. The first kappa shape index (κ1) is 16.2. The normalized spacial score (nSPS) is 27.3. The number of carbonyl (C=O) groups excluding carboxylic acids is 2. The van der Waals surface area contributed by atoms with E-state index < -0.39 is 0 Å². The molecule has 2 rings (SSSR count). The van der Waals surface area contributed by atoms with E-state index in [2.05, 4.69) is 10.6 Å². The van der Waals surface area contributed by atoms with Crippen molar-refractivity contribution in [1.82, 2.24) is 15.5 Å². The molecule has 2 aliphatic heterocycles. The zero-order chi connectivity index (χ0) is 13.0. The number of rotatable bonds is 2. The maximum atomic E-state index is 12.3. The molecule has 0 saturated carbocycles. The number of nitrogens with zero attached hydrogens (tertiary/aromatic N) is 1. The standard InChI is InChI=1S/C12H21N3O3.ClH/c1-9(16)14-10-3-2-5-15(7-10)12(17)11-8-18-6-4-13-11;/h10-11,13H,2-8H2,1H3,(H,14,16);1H. The molecule has 2 unspecified atom stereocenters. The van der Waals surface area contributed by atoms with Gasteiger partial charge in [-0.25, -0.2) is 0 Å². The quantitative estimate of drug-likeness (QED) is 0.721. The molecule has 2 N–H and O–H groups in total. The topological polar surface area (TPSA) is 70.7 Å². The van der Waals surface area contributed by atoms with E-state index in [1.807, 2.05) is 4.90 Å². The minimum absolute atomic E-state index is 0. The Kier molecular flexibility index (Phi) is 6.54. The van der Waals surface area contributed by atoms with Crippen LogP contribution in [0.2, 0.25) is 0 Å². The second kappa shape index (κ2) is 7.67. The van der Waals surface area contributed by atoms with Gasteiger partial charge in [-0.2, -0.15) is 0 Å². The van der Waals surface area contributed by atoms with Crippen LogP contribution in [0.3, 0.4) is 0 Å². The Labute approximate surface area is 119 Å². The van der Waals surface area contributed by atoms with Gasteiger partial charge in [0.15, 0.2) is 0 Å². The highest BCUT2D eigenvalue weighted by atomic mass is 35.5. The minimum Gasteiger partial charge on any atom is -0.378 e. The van der Waals surface area contributed by atoms with Gasteiger partial charge in [-0.05, 0) is 12.8 Å². The van der Waals surface area contributed by atoms with Gasteiger partial charge in [0.25, 0.3) is 0 Å². The number of morpholine rings is 1. The van der Waals surface area contributed by atoms with Crippen molar-refractivity contribution in [2.75, 3.05) is 32.8 Å². The fourth-order valence-corrected chi connectivity index (χ4v) is 2.53. The van der Waals surface area contributed by atoms with Crippen molar-refractivity contribution < 1.29 is 14.3 Å². The number of carbonyl (C=O) groups is 2. The Morgan fingerprint density at radius 1 is 1.42 bits per heavy atom. The summed E-state index contributed by atoms with van der Waals surface area (Å²) in [6.07, 6.45) is 1.88. The molecule has 0 aromatic carbocycles. The van der Waals surface area contributed by atoms with Gasteiger partial charge in [-0.1, -0.05) is 0 Å². The molecular weight excluding hydrogens is 270 g/mol. The van der Waals surface area contributed by atoms with E-state index in [0.29, 0.717) is 19.8 Å². The highest BCUT2D eigenvalue weighted by Gasteiger charge is 2.30. The van der Waals surface area contributed by atoms with E-state index >= 15 is 0 Å². The third kappa shape index (κ3) is 4.63. The van der Waals surface area contributed by atoms with Gasteiger partial charge >= 0.3 is 0 Å². The van der Waals surface area contributed by atoms with E-state index in [9.17, 15) is 9.59 Å². The van der Waals surface area contributed by atoms with Gasteiger partial charge in [-0.3, -0.25) is 9.59 Å². The first-order valence-electron chi connectivity index (χ1n) is 6.54. The molecule has 19 heavy (non-hydrogen) atoms. The molecule has 0 radical (unpaired) electrons. The second-order valence-corrected chi connectivity index (χ2v) is 4.91. The Balaban J connectivity index is 0.00000180. The van der Waals surface area contributed by atoms with E-state index in [1.54, 1.807) is 0 Å². The molecule has 2 atom stereocenters. The van der Waals surface area contributed by atoms with Crippen molar-refractivity contribution >= 4 is 24.2 Å². The Bertz CT molecular complexity index is 321. The summed E-state index contributed by atoms with van der Waals surface area (Å²) in [6.45, 7) is 4.72. The van der Waals surface area contributed by atoms with Crippen LogP contribution < -0.4 is 10.6 Å². The molecule has 110 valence electrons. The van der Waals surface area contributed by atoms with Gasteiger partial charge in [-0.15, -0.1) is 12.4 Å². The number of nitrogens with one attached hydrogen (secondary N) is 2. The highest BCUT2D eigenvalue weighted by molar-refractivity contribution is 5.85. The number of hydrogen-bond acceptors (Lipinski definition) is 4. The smallest absolute Gasteiger partial charge is 0.242 e. The maximum Gasteiger partial charge on any atom is 0.242 e. The van der Waals surface area contributed by atoms with Crippen LogP contribution in [0.5, 0.6) is 0 Å². The lowest BCUT2D eigenvalue weighted by Gasteiger charge is -2.36. The van der Waals surface area contributed by atoms with Crippen LogP contribution in [-0.2, 0) is 14.3 Å². The first-order chi connectivity index (χ1) is 8.66. The summed E-state index contributed by atoms with van der Waals surface area (Å²) in [5, 5.41) is 6.05. The number of likely N-dealkylation sites (tertiary alicyclic amines) is 1. The summed E-state index contributed by atoms with van der Waals surface area (Å²) in [6, 6.07) is -0.139. The van der Waals surface area contributed by atoms with Crippen molar-refractivity contribution in [2.24, 2.45) is 0 Å². The summed E-state index contributed by atoms with van der Waals surface area (Å²) in [5.74, 6) is 0.0539. The third-order valence-electron chi connectivity index (χ3n) is 3.36. The highest BCUT2D eigenvalue weighted by Crippen LogP contribution is 2.12. The number of piperidine rings is 1. The van der Waals surface area contributed by atoms with Crippen LogP contribution in [0, 0.1) is 0 Å². The molecule has 2 amide bonds. The van der Waals surface area contributed by atoms with Gasteiger partial charge < -0.3 is 20.3 Å². The third-order valence-corrected chi connectivity index (χ3v) is 3.36. The fraction of sp³-hybridized carbons (Fsp3) is 0.833. The molecule has 2 aliphatic rings. The van der Waals surface area contributed by atoms with Gasteiger partial charge in [0.2, 0.25) is 11.8 Å². The summed E-state index contributed by atoms with van der Waals surface area (Å²) >= 11 is 0.